The van der Waals surface area contributed by atoms with E-state index in [-0.39, 0.29) is 24.5 Å². The van der Waals surface area contributed by atoms with Crippen LogP contribution in [0.4, 0.5) is 0 Å². The Morgan fingerprint density at radius 2 is 2.12 bits per heavy atom. The fourth-order valence-corrected chi connectivity index (χ4v) is 3.06. The maximum absolute atomic E-state index is 12.0. The van der Waals surface area contributed by atoms with Crippen LogP contribution in [0.2, 0.25) is 0 Å². The van der Waals surface area contributed by atoms with E-state index >= 15 is 0 Å². The zero-order chi connectivity index (χ0) is 12.3. The molecule has 2 rings (SSSR count). The molecule has 4 unspecified atom stereocenters. The zero-order valence-corrected chi connectivity index (χ0v) is 10.5. The Balaban J connectivity index is 1.76. The van der Waals surface area contributed by atoms with Crippen molar-refractivity contribution in [3.8, 4) is 0 Å². The van der Waals surface area contributed by atoms with Gasteiger partial charge in [0.1, 0.15) is 0 Å². The maximum Gasteiger partial charge on any atom is 0.225 e. The summed E-state index contributed by atoms with van der Waals surface area (Å²) in [5, 5.41) is 12.3. The minimum atomic E-state index is 0.0176. The number of hydrogen-bond acceptors (Lipinski definition) is 3. The van der Waals surface area contributed by atoms with Crippen LogP contribution in [-0.4, -0.2) is 36.9 Å². The van der Waals surface area contributed by atoms with Crippen molar-refractivity contribution in [2.75, 3.05) is 19.8 Å². The van der Waals surface area contributed by atoms with Gasteiger partial charge in [0.05, 0.1) is 12.0 Å². The Bertz CT molecular complexity index is 269. The van der Waals surface area contributed by atoms with Gasteiger partial charge in [-0.1, -0.05) is 6.42 Å². The van der Waals surface area contributed by atoms with Crippen molar-refractivity contribution in [1.29, 1.82) is 0 Å². The largest absolute Gasteiger partial charge is 0.396 e. The molecule has 17 heavy (non-hydrogen) atoms. The number of aliphatic hydroxyl groups excluding tert-OH is 1. The summed E-state index contributed by atoms with van der Waals surface area (Å²) in [6.45, 7) is 3.63. The summed E-state index contributed by atoms with van der Waals surface area (Å²) < 4.78 is 5.40. The van der Waals surface area contributed by atoms with Crippen LogP contribution < -0.4 is 5.32 Å². The molecule has 1 amide bonds. The van der Waals surface area contributed by atoms with Gasteiger partial charge in [-0.3, -0.25) is 4.79 Å². The highest BCUT2D eigenvalue weighted by atomic mass is 16.5. The molecule has 4 atom stereocenters. The molecule has 1 aliphatic carbocycles. The molecule has 0 aromatic heterocycles. The lowest BCUT2D eigenvalue weighted by Gasteiger charge is -2.20. The van der Waals surface area contributed by atoms with Crippen LogP contribution >= 0.6 is 0 Å². The second-order valence-electron chi connectivity index (χ2n) is 5.35. The number of aliphatic hydroxyl groups is 1. The van der Waals surface area contributed by atoms with Crippen LogP contribution in [0.5, 0.6) is 0 Å². The minimum absolute atomic E-state index is 0.0176. The van der Waals surface area contributed by atoms with Gasteiger partial charge >= 0.3 is 0 Å². The van der Waals surface area contributed by atoms with E-state index in [4.69, 9.17) is 4.74 Å². The first-order valence-corrected chi connectivity index (χ1v) is 6.72. The number of amides is 1. The van der Waals surface area contributed by atoms with Gasteiger partial charge in [-0.05, 0) is 38.0 Å². The summed E-state index contributed by atoms with van der Waals surface area (Å²) >= 11 is 0. The second-order valence-corrected chi connectivity index (χ2v) is 5.35. The van der Waals surface area contributed by atoms with Crippen LogP contribution in [0.15, 0.2) is 0 Å². The van der Waals surface area contributed by atoms with Gasteiger partial charge in [-0.25, -0.2) is 0 Å². The highest BCUT2D eigenvalue weighted by Crippen LogP contribution is 2.30. The Morgan fingerprint density at radius 3 is 2.76 bits per heavy atom. The van der Waals surface area contributed by atoms with E-state index in [9.17, 15) is 9.90 Å². The van der Waals surface area contributed by atoms with Crippen LogP contribution in [0.1, 0.15) is 32.6 Å². The molecule has 1 saturated heterocycles. The second kappa shape index (κ2) is 5.83. The van der Waals surface area contributed by atoms with Gasteiger partial charge in [0, 0.05) is 19.8 Å². The van der Waals surface area contributed by atoms with Gasteiger partial charge < -0.3 is 15.2 Å². The van der Waals surface area contributed by atoms with Crippen LogP contribution in [-0.2, 0) is 9.53 Å². The van der Waals surface area contributed by atoms with Crippen molar-refractivity contribution in [2.24, 2.45) is 17.8 Å². The molecule has 98 valence electrons. The summed E-state index contributed by atoms with van der Waals surface area (Å²) in [6.07, 6.45) is 4.28. The number of nitrogens with one attached hydrogen (secondary N) is 1. The maximum atomic E-state index is 12.0. The van der Waals surface area contributed by atoms with E-state index < -0.39 is 0 Å². The number of ether oxygens (including phenoxy) is 1. The quantitative estimate of drug-likeness (QED) is 0.770. The number of rotatable bonds is 4. The molecule has 2 fully saturated rings. The summed E-state index contributed by atoms with van der Waals surface area (Å²) in [7, 11) is 0. The van der Waals surface area contributed by atoms with E-state index in [1.54, 1.807) is 0 Å². The predicted molar refractivity (Wildman–Crippen MR) is 64.4 cm³/mol. The third-order valence-corrected chi connectivity index (χ3v) is 4.30. The monoisotopic (exact) mass is 241 g/mol. The molecular formula is C13H23NO3. The molecule has 1 heterocycles. The SMILES string of the molecule is CC1OCCC1C(=O)NCC1CCCC1CO. The average molecular weight is 241 g/mol. The van der Waals surface area contributed by atoms with Gasteiger partial charge in [0.2, 0.25) is 5.91 Å². The van der Waals surface area contributed by atoms with E-state index in [0.29, 0.717) is 25.0 Å². The standard InChI is InChI=1S/C13H23NO3/c1-9-12(5-6-17-9)13(16)14-7-10-3-2-4-11(10)8-15/h9-12,15H,2-8H2,1H3,(H,14,16). The Hall–Kier alpha value is -0.610. The lowest BCUT2D eigenvalue weighted by molar-refractivity contribution is -0.126. The molecule has 2 N–H and O–H groups in total. The molecule has 0 radical (unpaired) electrons. The molecule has 2 aliphatic rings. The van der Waals surface area contributed by atoms with Crippen LogP contribution in [0, 0.1) is 17.8 Å². The fourth-order valence-electron chi connectivity index (χ4n) is 3.06. The number of carbonyl (C=O) groups excluding carboxylic acids is 1. The lowest BCUT2D eigenvalue weighted by atomic mass is 9.96. The number of hydrogen-bond donors (Lipinski definition) is 2. The van der Waals surface area contributed by atoms with Crippen molar-refractivity contribution >= 4 is 5.91 Å². The first-order valence-electron chi connectivity index (χ1n) is 6.72. The van der Waals surface area contributed by atoms with E-state index in [2.05, 4.69) is 5.32 Å². The molecule has 0 aromatic carbocycles. The highest BCUT2D eigenvalue weighted by molar-refractivity contribution is 5.79. The topological polar surface area (TPSA) is 58.6 Å². The van der Waals surface area contributed by atoms with Crippen molar-refractivity contribution in [3.05, 3.63) is 0 Å². The zero-order valence-electron chi connectivity index (χ0n) is 10.5. The minimum Gasteiger partial charge on any atom is -0.396 e. The summed E-state index contributed by atoms with van der Waals surface area (Å²) in [4.78, 5) is 12.0. The lowest BCUT2D eigenvalue weighted by Crippen LogP contribution is -2.38. The van der Waals surface area contributed by atoms with Crippen molar-refractivity contribution in [1.82, 2.24) is 5.32 Å². The highest BCUT2D eigenvalue weighted by Gasteiger charge is 2.32. The Labute approximate surface area is 103 Å². The molecular weight excluding hydrogens is 218 g/mol. The molecule has 1 aliphatic heterocycles. The van der Waals surface area contributed by atoms with Gasteiger partial charge in [0.25, 0.3) is 0 Å². The van der Waals surface area contributed by atoms with Gasteiger partial charge in [0.15, 0.2) is 0 Å². The molecule has 4 nitrogen and oxygen atoms in total. The molecule has 4 heteroatoms. The van der Waals surface area contributed by atoms with Crippen LogP contribution in [0.25, 0.3) is 0 Å². The fraction of sp³-hybridized carbons (Fsp3) is 0.923. The molecule has 0 bridgehead atoms. The van der Waals surface area contributed by atoms with Gasteiger partial charge in [-0.15, -0.1) is 0 Å². The van der Waals surface area contributed by atoms with E-state index in [1.807, 2.05) is 6.92 Å². The summed E-state index contributed by atoms with van der Waals surface area (Å²) in [5.41, 5.74) is 0. The Kier molecular flexibility index (Phi) is 4.40. The van der Waals surface area contributed by atoms with Crippen molar-refractivity contribution in [3.63, 3.8) is 0 Å². The van der Waals surface area contributed by atoms with Crippen molar-refractivity contribution in [2.45, 2.75) is 38.7 Å². The van der Waals surface area contributed by atoms with Crippen molar-refractivity contribution < 1.29 is 14.6 Å². The summed E-state index contributed by atoms with van der Waals surface area (Å²) in [5.74, 6) is 0.983. The molecule has 1 saturated carbocycles. The third-order valence-electron chi connectivity index (χ3n) is 4.30. The van der Waals surface area contributed by atoms with Crippen LogP contribution in [0.3, 0.4) is 0 Å². The van der Waals surface area contributed by atoms with Gasteiger partial charge in [-0.2, -0.15) is 0 Å². The van der Waals surface area contributed by atoms with E-state index in [0.717, 1.165) is 19.3 Å². The predicted octanol–water partition coefficient (Wildman–Crippen LogP) is 0.936. The summed E-state index contributed by atoms with van der Waals surface area (Å²) in [6, 6.07) is 0. The average Bonchev–Trinajstić information content (AvgIpc) is 2.94. The normalized spacial score (nSPS) is 37.3. The number of carbonyl (C=O) groups is 1. The molecule has 0 spiro atoms. The molecule has 0 aromatic rings. The Morgan fingerprint density at radius 1 is 1.35 bits per heavy atom. The first-order chi connectivity index (χ1) is 8.22. The third kappa shape index (κ3) is 2.99. The van der Waals surface area contributed by atoms with E-state index in [1.165, 1.54) is 6.42 Å². The smallest absolute Gasteiger partial charge is 0.225 e. The first kappa shape index (κ1) is 12.8.